The molecule has 2 rings (SSSR count). The maximum absolute atomic E-state index is 11.8. The van der Waals surface area contributed by atoms with Crippen molar-refractivity contribution in [2.75, 3.05) is 0 Å². The summed E-state index contributed by atoms with van der Waals surface area (Å²) in [5, 5.41) is 7.91. The molecule has 0 atom stereocenters. The van der Waals surface area contributed by atoms with E-state index in [0.29, 0.717) is 25.9 Å². The third-order valence-electron chi connectivity index (χ3n) is 2.87. The Morgan fingerprint density at radius 1 is 0.773 bits per heavy atom. The summed E-state index contributed by atoms with van der Waals surface area (Å²) in [7, 11) is 0. The molecule has 0 aliphatic heterocycles. The van der Waals surface area contributed by atoms with Crippen LogP contribution in [0.3, 0.4) is 0 Å². The fourth-order valence-electron chi connectivity index (χ4n) is 1.73. The molecular weight excluding hydrogens is 374 g/mol. The molecule has 22 heavy (non-hydrogen) atoms. The molecule has 0 unspecified atom stereocenters. The molecule has 0 fully saturated rings. The van der Waals surface area contributed by atoms with Crippen LogP contribution < -0.4 is 11.1 Å². The first kappa shape index (κ1) is 17.3. The smallest absolute Gasteiger partial charge is 0.266 e. The zero-order valence-electron chi connectivity index (χ0n) is 11.1. The Morgan fingerprint density at radius 3 is 1.50 bits per heavy atom. The topological polar surface area (TPSA) is 69.8 Å². The number of halogens is 4. The van der Waals surface area contributed by atoms with Crippen molar-refractivity contribution in [1.29, 1.82) is 0 Å². The minimum absolute atomic E-state index is 0.0564. The maximum Gasteiger partial charge on any atom is 0.287 e. The fraction of sp³-hybridized carbons (Fsp3) is 0.333. The Hall–Kier alpha value is -1.08. The van der Waals surface area contributed by atoms with E-state index in [2.05, 4.69) is 10.2 Å². The second-order valence-corrected chi connectivity index (χ2v) is 5.95. The van der Waals surface area contributed by atoms with Crippen molar-refractivity contribution in [3.63, 3.8) is 0 Å². The van der Waals surface area contributed by atoms with Crippen molar-refractivity contribution in [1.82, 2.24) is 19.6 Å². The van der Waals surface area contributed by atoms with Gasteiger partial charge in [0.2, 0.25) is 0 Å². The van der Waals surface area contributed by atoms with Crippen molar-refractivity contribution in [3.05, 3.63) is 53.2 Å². The minimum Gasteiger partial charge on any atom is -0.266 e. The van der Waals surface area contributed by atoms with E-state index in [1.807, 2.05) is 0 Å². The predicted octanol–water partition coefficient (Wildman–Crippen LogP) is 2.89. The van der Waals surface area contributed by atoms with Gasteiger partial charge in [0.1, 0.15) is 10.0 Å². The summed E-state index contributed by atoms with van der Waals surface area (Å²) in [6, 6.07) is 0. The van der Waals surface area contributed by atoms with Gasteiger partial charge < -0.3 is 0 Å². The molecular formula is C12H10Cl4N4O2. The molecule has 0 spiro atoms. The molecule has 2 heterocycles. The largest absolute Gasteiger partial charge is 0.287 e. The van der Waals surface area contributed by atoms with Crippen LogP contribution >= 0.6 is 46.4 Å². The van der Waals surface area contributed by atoms with Gasteiger partial charge in [-0.2, -0.15) is 10.2 Å². The van der Waals surface area contributed by atoms with E-state index >= 15 is 0 Å². The summed E-state index contributed by atoms with van der Waals surface area (Å²) in [5.74, 6) is 0. The molecule has 10 heteroatoms. The Bertz CT molecular complexity index is 735. The van der Waals surface area contributed by atoms with E-state index in [-0.39, 0.29) is 20.1 Å². The molecule has 0 N–H and O–H groups in total. The van der Waals surface area contributed by atoms with Gasteiger partial charge in [-0.15, -0.1) is 0 Å². The van der Waals surface area contributed by atoms with Crippen LogP contribution in [0, 0.1) is 0 Å². The second kappa shape index (κ2) is 7.46. The van der Waals surface area contributed by atoms with Crippen molar-refractivity contribution in [2.24, 2.45) is 0 Å². The van der Waals surface area contributed by atoms with Crippen LogP contribution in [-0.2, 0) is 13.1 Å². The first-order valence-electron chi connectivity index (χ1n) is 6.24. The molecule has 2 aromatic rings. The zero-order chi connectivity index (χ0) is 16.3. The third-order valence-corrected chi connectivity index (χ3v) is 4.37. The molecule has 118 valence electrons. The molecule has 0 aromatic carbocycles. The zero-order valence-corrected chi connectivity index (χ0v) is 14.1. The van der Waals surface area contributed by atoms with Gasteiger partial charge in [-0.05, 0) is 12.8 Å². The summed E-state index contributed by atoms with van der Waals surface area (Å²) in [6.07, 6.45) is 3.82. The van der Waals surface area contributed by atoms with Crippen LogP contribution in [0.4, 0.5) is 0 Å². The third kappa shape index (κ3) is 3.81. The van der Waals surface area contributed by atoms with Gasteiger partial charge in [0.05, 0.1) is 22.4 Å². The molecule has 0 saturated heterocycles. The standard InChI is InChI=1S/C12H10Cl4N4O2/c13-7-5-17-19(11(21)9(7)15)3-1-2-4-20-12(22)10(16)8(14)6-18-20/h5-6H,1-4H2. The lowest BCUT2D eigenvalue weighted by Gasteiger charge is -2.07. The van der Waals surface area contributed by atoms with E-state index in [4.69, 9.17) is 46.4 Å². The average Bonchev–Trinajstić information content (AvgIpc) is 2.50. The van der Waals surface area contributed by atoms with E-state index in [1.54, 1.807) is 0 Å². The van der Waals surface area contributed by atoms with E-state index < -0.39 is 11.1 Å². The van der Waals surface area contributed by atoms with Gasteiger partial charge in [-0.3, -0.25) is 9.59 Å². The average molecular weight is 384 g/mol. The summed E-state index contributed by atoms with van der Waals surface area (Å²) in [4.78, 5) is 23.5. The van der Waals surface area contributed by atoms with Gasteiger partial charge >= 0.3 is 0 Å². The normalized spacial score (nSPS) is 10.9. The fourth-order valence-corrected chi connectivity index (χ4v) is 2.27. The predicted molar refractivity (Wildman–Crippen MR) is 86.3 cm³/mol. The molecule has 6 nitrogen and oxygen atoms in total. The monoisotopic (exact) mass is 382 g/mol. The minimum atomic E-state index is -0.445. The van der Waals surface area contributed by atoms with Crippen LogP contribution in [0.1, 0.15) is 12.8 Å². The SMILES string of the molecule is O=c1c(Cl)c(Cl)cnn1CCCCn1ncc(Cl)c(Cl)c1=O. The van der Waals surface area contributed by atoms with Crippen LogP contribution in [0.25, 0.3) is 0 Å². The Morgan fingerprint density at radius 2 is 1.14 bits per heavy atom. The van der Waals surface area contributed by atoms with Gasteiger partial charge in [-0.1, -0.05) is 46.4 Å². The summed E-state index contributed by atoms with van der Waals surface area (Å²) in [5.41, 5.74) is -0.891. The van der Waals surface area contributed by atoms with Gasteiger partial charge in [0, 0.05) is 13.1 Å². The van der Waals surface area contributed by atoms with Crippen LogP contribution in [-0.4, -0.2) is 19.6 Å². The maximum atomic E-state index is 11.8. The Kier molecular flexibility index (Phi) is 5.86. The van der Waals surface area contributed by atoms with Gasteiger partial charge in [-0.25, -0.2) is 9.36 Å². The summed E-state index contributed by atoms with van der Waals surface area (Å²) in [6.45, 7) is 0.706. The lowest BCUT2D eigenvalue weighted by molar-refractivity contribution is 0.477. The van der Waals surface area contributed by atoms with E-state index in [9.17, 15) is 9.59 Å². The quantitative estimate of drug-likeness (QED) is 0.744. The van der Waals surface area contributed by atoms with Crippen molar-refractivity contribution in [3.8, 4) is 0 Å². The van der Waals surface area contributed by atoms with Gasteiger partial charge in [0.15, 0.2) is 0 Å². The first-order chi connectivity index (χ1) is 10.4. The number of hydrogen-bond acceptors (Lipinski definition) is 4. The molecule has 0 aliphatic carbocycles. The highest BCUT2D eigenvalue weighted by atomic mass is 35.5. The van der Waals surface area contributed by atoms with E-state index in [1.165, 1.54) is 21.8 Å². The Balaban J connectivity index is 1.96. The lowest BCUT2D eigenvalue weighted by atomic mass is 10.3. The van der Waals surface area contributed by atoms with Crippen LogP contribution in [0.5, 0.6) is 0 Å². The number of unbranched alkanes of at least 4 members (excludes halogenated alkanes) is 1. The number of rotatable bonds is 5. The summed E-state index contributed by atoms with van der Waals surface area (Å²) < 4.78 is 2.44. The highest BCUT2D eigenvalue weighted by Gasteiger charge is 2.09. The number of nitrogens with zero attached hydrogens (tertiary/aromatic N) is 4. The van der Waals surface area contributed by atoms with Crippen molar-refractivity contribution >= 4 is 46.4 Å². The van der Waals surface area contributed by atoms with Crippen molar-refractivity contribution in [2.45, 2.75) is 25.9 Å². The number of aromatic nitrogens is 4. The number of aryl methyl sites for hydroxylation is 2. The second-order valence-electron chi connectivity index (χ2n) is 4.38. The van der Waals surface area contributed by atoms with Crippen LogP contribution in [0.2, 0.25) is 20.1 Å². The van der Waals surface area contributed by atoms with Crippen molar-refractivity contribution < 1.29 is 0 Å². The summed E-state index contributed by atoms with van der Waals surface area (Å²) >= 11 is 22.9. The molecule has 0 radical (unpaired) electrons. The molecule has 2 aromatic heterocycles. The first-order valence-corrected chi connectivity index (χ1v) is 7.75. The molecule has 0 amide bonds. The molecule has 0 aliphatic rings. The van der Waals surface area contributed by atoms with E-state index in [0.717, 1.165) is 0 Å². The molecule has 0 bridgehead atoms. The lowest BCUT2D eigenvalue weighted by Crippen LogP contribution is -2.25. The Labute approximate surface area is 145 Å². The van der Waals surface area contributed by atoms with Crippen LogP contribution in [0.15, 0.2) is 22.0 Å². The number of hydrogen-bond donors (Lipinski definition) is 0. The van der Waals surface area contributed by atoms with Gasteiger partial charge in [0.25, 0.3) is 11.1 Å². The highest BCUT2D eigenvalue weighted by molar-refractivity contribution is 6.42. The molecule has 0 saturated carbocycles. The highest BCUT2D eigenvalue weighted by Crippen LogP contribution is 2.15.